The number of carbonyl (C=O) groups excluding carboxylic acids is 1. The van der Waals surface area contributed by atoms with Gasteiger partial charge >= 0.3 is 0 Å². The molecule has 0 N–H and O–H groups in total. The molecule has 0 bridgehead atoms. The average Bonchev–Trinajstić information content (AvgIpc) is 3.10. The number of unbranched alkanes of at least 4 members (excludes halogenated alkanes) is 1. The Bertz CT molecular complexity index is 1030. The summed E-state index contributed by atoms with van der Waals surface area (Å²) in [6, 6.07) is 11.1. The topological polar surface area (TPSA) is 68.3 Å². The lowest BCUT2D eigenvalue weighted by molar-refractivity contribution is -0.127. The first kappa shape index (κ1) is 20.2. The van der Waals surface area contributed by atoms with E-state index < -0.39 is 0 Å². The van der Waals surface area contributed by atoms with Crippen LogP contribution in [0.15, 0.2) is 50.8 Å². The van der Waals surface area contributed by atoms with Gasteiger partial charge in [-0.3, -0.25) is 14.2 Å². The van der Waals surface area contributed by atoms with E-state index in [4.69, 9.17) is 4.42 Å². The summed E-state index contributed by atoms with van der Waals surface area (Å²) in [6.07, 6.45) is 1.87. The molecule has 0 radical (unpaired) electrons. The van der Waals surface area contributed by atoms with Crippen LogP contribution in [0, 0.1) is 6.92 Å². The number of aromatic nitrogens is 2. The fourth-order valence-electron chi connectivity index (χ4n) is 2.90. The molecule has 0 aliphatic carbocycles. The van der Waals surface area contributed by atoms with Crippen LogP contribution in [0.1, 0.15) is 31.3 Å². The van der Waals surface area contributed by atoms with E-state index >= 15 is 0 Å². The molecule has 148 valence electrons. The van der Waals surface area contributed by atoms with E-state index in [2.05, 4.69) is 11.9 Å². The summed E-state index contributed by atoms with van der Waals surface area (Å²) in [5.74, 6) is 1.75. The van der Waals surface area contributed by atoms with E-state index in [1.807, 2.05) is 37.3 Å². The Kier molecular flexibility index (Phi) is 6.57. The summed E-state index contributed by atoms with van der Waals surface area (Å²) in [4.78, 5) is 31.7. The minimum atomic E-state index is -0.0478. The number of rotatable bonds is 8. The summed E-state index contributed by atoms with van der Waals surface area (Å²) in [5, 5.41) is 1.20. The summed E-state index contributed by atoms with van der Waals surface area (Å²) in [5.41, 5.74) is 0.614. The van der Waals surface area contributed by atoms with Crippen LogP contribution in [0.2, 0.25) is 0 Å². The van der Waals surface area contributed by atoms with Crippen LogP contribution >= 0.6 is 11.8 Å². The number of nitrogens with zero attached hydrogens (tertiary/aromatic N) is 3. The molecule has 2 heterocycles. The highest BCUT2D eigenvalue weighted by Gasteiger charge is 2.16. The van der Waals surface area contributed by atoms with Crippen LogP contribution in [0.25, 0.3) is 10.9 Å². The van der Waals surface area contributed by atoms with Gasteiger partial charge in [0.2, 0.25) is 5.91 Å². The Balaban J connectivity index is 1.76. The lowest BCUT2D eigenvalue weighted by atomic mass is 10.2. The molecule has 1 amide bonds. The maximum atomic E-state index is 12.9. The minimum Gasteiger partial charge on any atom is -0.464 e. The molecule has 0 unspecified atom stereocenters. The van der Waals surface area contributed by atoms with Crippen molar-refractivity contribution in [2.45, 2.75) is 44.9 Å². The van der Waals surface area contributed by atoms with Crippen LogP contribution in [0.5, 0.6) is 0 Å². The van der Waals surface area contributed by atoms with E-state index in [1.54, 1.807) is 22.6 Å². The lowest BCUT2D eigenvalue weighted by Gasteiger charge is -2.17. The first-order valence-corrected chi connectivity index (χ1v) is 10.4. The van der Waals surface area contributed by atoms with Gasteiger partial charge in [-0.1, -0.05) is 37.2 Å². The van der Waals surface area contributed by atoms with Crippen molar-refractivity contribution in [3.63, 3.8) is 0 Å². The van der Waals surface area contributed by atoms with E-state index in [9.17, 15) is 9.59 Å². The van der Waals surface area contributed by atoms with Crippen molar-refractivity contribution >= 4 is 28.6 Å². The fourth-order valence-corrected chi connectivity index (χ4v) is 3.87. The van der Waals surface area contributed by atoms with Gasteiger partial charge in [0.05, 0.1) is 23.2 Å². The number of carbonyl (C=O) groups is 1. The van der Waals surface area contributed by atoms with Gasteiger partial charge in [0.15, 0.2) is 5.16 Å². The molecule has 1 aromatic carbocycles. The van der Waals surface area contributed by atoms with Crippen LogP contribution in [0.3, 0.4) is 0 Å². The highest BCUT2D eigenvalue weighted by Crippen LogP contribution is 2.19. The molecule has 28 heavy (non-hydrogen) atoms. The van der Waals surface area contributed by atoms with Crippen LogP contribution in [0.4, 0.5) is 0 Å². The predicted octanol–water partition coefficient (Wildman–Crippen LogP) is 3.85. The van der Waals surface area contributed by atoms with Crippen LogP contribution < -0.4 is 5.56 Å². The molecule has 3 aromatic rings. The van der Waals surface area contributed by atoms with Gasteiger partial charge in [-0.2, -0.15) is 0 Å². The van der Waals surface area contributed by atoms with Crippen molar-refractivity contribution in [1.29, 1.82) is 0 Å². The molecular weight excluding hydrogens is 374 g/mol. The van der Waals surface area contributed by atoms with Gasteiger partial charge in [-0.25, -0.2) is 4.98 Å². The second-order valence-electron chi connectivity index (χ2n) is 6.77. The number of hydrogen-bond donors (Lipinski definition) is 0. The molecule has 7 heteroatoms. The molecule has 2 aromatic heterocycles. The molecule has 0 aliphatic rings. The number of fused-ring (bicyclic) bond motifs is 1. The van der Waals surface area contributed by atoms with Crippen LogP contribution in [-0.2, 0) is 17.9 Å². The fraction of sp³-hybridized carbons (Fsp3) is 0.381. The number of aryl methyl sites for hydroxylation is 1. The van der Waals surface area contributed by atoms with Crippen molar-refractivity contribution in [3.8, 4) is 0 Å². The van der Waals surface area contributed by atoms with Gasteiger partial charge < -0.3 is 9.32 Å². The quantitative estimate of drug-likeness (QED) is 0.425. The highest BCUT2D eigenvalue weighted by atomic mass is 32.2. The highest BCUT2D eigenvalue weighted by molar-refractivity contribution is 7.99. The summed E-state index contributed by atoms with van der Waals surface area (Å²) < 4.78 is 7.23. The number of hydrogen-bond acceptors (Lipinski definition) is 5. The van der Waals surface area contributed by atoms with E-state index in [-0.39, 0.29) is 17.2 Å². The number of benzene rings is 1. The third-order valence-electron chi connectivity index (χ3n) is 4.50. The minimum absolute atomic E-state index is 0.0384. The standard InChI is InChI=1S/C21H25N3O3S/c1-4-5-12-24-20(26)17-8-6-7-9-18(17)22-21(24)28-14-19(25)23(3)13-16-11-10-15(2)27-16/h6-11H,4-5,12-14H2,1-3H3. The summed E-state index contributed by atoms with van der Waals surface area (Å²) in [6.45, 7) is 4.98. The van der Waals surface area contributed by atoms with Gasteiger partial charge in [-0.15, -0.1) is 0 Å². The van der Waals surface area contributed by atoms with Crippen molar-refractivity contribution in [2.75, 3.05) is 12.8 Å². The normalized spacial score (nSPS) is 11.1. The molecule has 0 spiro atoms. The van der Waals surface area contributed by atoms with Gasteiger partial charge in [0.1, 0.15) is 11.5 Å². The number of para-hydroxylation sites is 1. The second-order valence-corrected chi connectivity index (χ2v) is 7.72. The van der Waals surface area contributed by atoms with Crippen molar-refractivity contribution < 1.29 is 9.21 Å². The third-order valence-corrected chi connectivity index (χ3v) is 5.46. The Morgan fingerprint density at radius 3 is 2.75 bits per heavy atom. The first-order valence-electron chi connectivity index (χ1n) is 9.41. The predicted molar refractivity (Wildman–Crippen MR) is 112 cm³/mol. The van der Waals surface area contributed by atoms with E-state index in [1.165, 1.54) is 11.8 Å². The molecule has 6 nitrogen and oxygen atoms in total. The number of amides is 1. The van der Waals surface area contributed by atoms with Crippen molar-refractivity contribution in [2.24, 2.45) is 0 Å². The maximum Gasteiger partial charge on any atom is 0.262 e. The first-order chi connectivity index (χ1) is 13.5. The average molecular weight is 400 g/mol. The Morgan fingerprint density at radius 1 is 1.25 bits per heavy atom. The Labute approximate surface area is 168 Å². The van der Waals surface area contributed by atoms with Crippen LogP contribution in [-0.4, -0.2) is 33.2 Å². The molecule has 0 atom stereocenters. The zero-order chi connectivity index (χ0) is 20.1. The Morgan fingerprint density at radius 2 is 2.04 bits per heavy atom. The number of thioether (sulfide) groups is 1. The zero-order valence-electron chi connectivity index (χ0n) is 16.5. The number of furan rings is 1. The molecule has 0 fully saturated rings. The van der Waals surface area contributed by atoms with Gasteiger partial charge in [0, 0.05) is 13.6 Å². The zero-order valence-corrected chi connectivity index (χ0v) is 17.3. The maximum absolute atomic E-state index is 12.9. The van der Waals surface area contributed by atoms with E-state index in [0.717, 1.165) is 24.4 Å². The smallest absolute Gasteiger partial charge is 0.262 e. The Hall–Kier alpha value is -2.54. The van der Waals surface area contributed by atoms with Gasteiger partial charge in [0.25, 0.3) is 5.56 Å². The van der Waals surface area contributed by atoms with E-state index in [0.29, 0.717) is 29.1 Å². The molecule has 0 saturated heterocycles. The largest absolute Gasteiger partial charge is 0.464 e. The molecule has 3 rings (SSSR count). The van der Waals surface area contributed by atoms with Crippen molar-refractivity contribution in [3.05, 3.63) is 58.3 Å². The van der Waals surface area contributed by atoms with Gasteiger partial charge in [-0.05, 0) is 37.6 Å². The molecular formula is C21H25N3O3S. The second kappa shape index (κ2) is 9.10. The summed E-state index contributed by atoms with van der Waals surface area (Å²) >= 11 is 1.31. The SMILES string of the molecule is CCCCn1c(SCC(=O)N(C)Cc2ccc(C)o2)nc2ccccc2c1=O. The van der Waals surface area contributed by atoms with Crippen molar-refractivity contribution in [1.82, 2.24) is 14.5 Å². The third kappa shape index (κ3) is 4.65. The molecule has 0 aliphatic heterocycles. The molecule has 0 saturated carbocycles. The lowest BCUT2D eigenvalue weighted by Crippen LogP contribution is -2.28. The monoisotopic (exact) mass is 399 g/mol. The summed E-state index contributed by atoms with van der Waals surface area (Å²) in [7, 11) is 1.75.